The summed E-state index contributed by atoms with van der Waals surface area (Å²) >= 11 is 0. The predicted molar refractivity (Wildman–Crippen MR) is 108 cm³/mol. The Bertz CT molecular complexity index is 966. The van der Waals surface area contributed by atoms with E-state index < -0.39 is 23.7 Å². The van der Waals surface area contributed by atoms with E-state index in [1.807, 2.05) is 19.9 Å². The molecule has 0 saturated heterocycles. The van der Waals surface area contributed by atoms with Gasteiger partial charge in [-0.05, 0) is 57.9 Å². The summed E-state index contributed by atoms with van der Waals surface area (Å²) in [6.45, 7) is 4.77. The number of pyridine rings is 1. The normalized spacial score (nSPS) is 19.5. The summed E-state index contributed by atoms with van der Waals surface area (Å²) in [5, 5.41) is 10.3. The molecule has 0 aliphatic heterocycles. The molecule has 0 spiro atoms. The first-order chi connectivity index (χ1) is 14.5. The summed E-state index contributed by atoms with van der Waals surface area (Å²) < 4.78 is 44.4. The van der Waals surface area contributed by atoms with Gasteiger partial charge in [0, 0.05) is 23.5 Å². The van der Waals surface area contributed by atoms with Gasteiger partial charge < -0.3 is 10.1 Å². The number of alkyl halides is 3. The molecule has 0 aromatic carbocycles. The summed E-state index contributed by atoms with van der Waals surface area (Å²) in [5.41, 5.74) is 1.55. The van der Waals surface area contributed by atoms with E-state index in [9.17, 15) is 18.0 Å². The van der Waals surface area contributed by atoms with Crippen LogP contribution in [0.1, 0.15) is 79.3 Å². The van der Waals surface area contributed by atoms with Crippen LogP contribution in [-0.2, 0) is 5.54 Å². The van der Waals surface area contributed by atoms with Crippen LogP contribution < -0.4 is 10.1 Å². The first-order valence-electron chi connectivity index (χ1n) is 10.6. The summed E-state index contributed by atoms with van der Waals surface area (Å²) in [4.78, 5) is 17.3. The fourth-order valence-corrected chi connectivity index (χ4v) is 3.77. The number of hydrogen-bond acceptors (Lipinski definition) is 4. The number of nitrogens with zero attached hydrogens (tertiary/aromatic N) is 2. The van der Waals surface area contributed by atoms with Crippen LogP contribution in [0.2, 0.25) is 0 Å². The Hall–Kier alpha value is -2.58. The first-order valence-corrected chi connectivity index (χ1v) is 10.6. The van der Waals surface area contributed by atoms with Crippen LogP contribution in [0.5, 0.6) is 5.75 Å². The Balaban J connectivity index is 1.59. The number of carbonyl (C=O) groups excluding carboxylic acids is 1. The minimum atomic E-state index is -4.49. The number of aryl methyl sites for hydroxylation is 1. The average molecular weight is 436 g/mol. The molecule has 2 heterocycles. The van der Waals surface area contributed by atoms with E-state index in [-0.39, 0.29) is 17.4 Å². The van der Waals surface area contributed by atoms with Crippen LogP contribution in [0.15, 0.2) is 18.3 Å². The van der Waals surface area contributed by atoms with Gasteiger partial charge in [-0.25, -0.2) is 0 Å². The molecule has 2 fully saturated rings. The summed E-state index contributed by atoms with van der Waals surface area (Å²) in [7, 11) is 0. The summed E-state index contributed by atoms with van der Waals surface area (Å²) in [5.74, 6) is 0.258. The van der Waals surface area contributed by atoms with Crippen LogP contribution >= 0.6 is 0 Å². The molecule has 9 heteroatoms. The Labute approximate surface area is 179 Å². The zero-order valence-corrected chi connectivity index (χ0v) is 17.8. The lowest BCUT2D eigenvalue weighted by Crippen LogP contribution is -2.44. The third-order valence-corrected chi connectivity index (χ3v) is 5.96. The topological polar surface area (TPSA) is 79.9 Å². The number of rotatable bonds is 8. The number of aromatic nitrogens is 3. The molecular weight excluding hydrogens is 409 g/mol. The van der Waals surface area contributed by atoms with Crippen molar-refractivity contribution in [3.63, 3.8) is 0 Å². The molecule has 168 valence electrons. The fraction of sp³-hybridized carbons (Fsp3) is 0.591. The zero-order valence-electron chi connectivity index (χ0n) is 17.8. The van der Waals surface area contributed by atoms with Gasteiger partial charge in [0.15, 0.2) is 6.10 Å². The van der Waals surface area contributed by atoms with Gasteiger partial charge in [-0.2, -0.15) is 18.3 Å². The van der Waals surface area contributed by atoms with Crippen LogP contribution in [0.25, 0.3) is 0 Å². The average Bonchev–Trinajstić information content (AvgIpc) is 3.61. The van der Waals surface area contributed by atoms with Crippen molar-refractivity contribution < 1.29 is 22.7 Å². The molecule has 2 aliphatic rings. The highest BCUT2D eigenvalue weighted by molar-refractivity contribution is 5.93. The van der Waals surface area contributed by atoms with E-state index in [2.05, 4.69) is 20.5 Å². The standard InChI is InChI=1S/C22H27F3N4O2/c1-12-8-19(29-28-12)21(3,10-14-4-5-14)27-20(30)17-9-18(31-13(2)22(23,24)25)16(11-26-17)15-6-7-15/h8-9,11,13-15H,4-7,10H2,1-3H3,(H,27,30)(H,28,29)/t13-,21?/m0/s1. The molecule has 2 aromatic heterocycles. The van der Waals surface area contributed by atoms with E-state index in [4.69, 9.17) is 4.74 Å². The Kier molecular flexibility index (Phi) is 5.47. The SMILES string of the molecule is Cc1cc(C(C)(CC2CC2)NC(=O)c2cc(O[C@@H](C)C(F)(F)F)c(C3CC3)cn2)n[nH]1. The maximum Gasteiger partial charge on any atom is 0.425 e. The second-order valence-corrected chi connectivity index (χ2v) is 9.05. The van der Waals surface area contributed by atoms with Crippen LogP contribution in [-0.4, -0.2) is 33.4 Å². The fourth-order valence-electron chi connectivity index (χ4n) is 3.77. The molecule has 2 atom stereocenters. The van der Waals surface area contributed by atoms with E-state index >= 15 is 0 Å². The Morgan fingerprint density at radius 1 is 1.29 bits per heavy atom. The highest BCUT2D eigenvalue weighted by Gasteiger charge is 2.40. The number of halogens is 3. The second-order valence-electron chi connectivity index (χ2n) is 9.05. The molecule has 4 rings (SSSR count). The molecule has 0 bridgehead atoms. The van der Waals surface area contributed by atoms with Crippen molar-refractivity contribution >= 4 is 5.91 Å². The van der Waals surface area contributed by atoms with Gasteiger partial charge in [0.25, 0.3) is 5.91 Å². The van der Waals surface area contributed by atoms with Crippen molar-refractivity contribution in [2.24, 2.45) is 5.92 Å². The summed E-state index contributed by atoms with van der Waals surface area (Å²) in [6, 6.07) is 3.23. The van der Waals surface area contributed by atoms with E-state index in [0.717, 1.165) is 50.4 Å². The first kappa shape index (κ1) is 21.6. The van der Waals surface area contributed by atoms with Crippen molar-refractivity contribution in [3.8, 4) is 5.75 Å². The zero-order chi connectivity index (χ0) is 22.4. The lowest BCUT2D eigenvalue weighted by atomic mass is 9.90. The molecule has 0 radical (unpaired) electrons. The molecule has 31 heavy (non-hydrogen) atoms. The van der Waals surface area contributed by atoms with Gasteiger partial charge >= 0.3 is 6.18 Å². The molecule has 2 aromatic rings. The van der Waals surface area contributed by atoms with Crippen LogP contribution in [0.4, 0.5) is 13.2 Å². The van der Waals surface area contributed by atoms with E-state index in [1.165, 1.54) is 12.3 Å². The molecule has 2 saturated carbocycles. The number of aromatic amines is 1. The minimum absolute atomic E-state index is 0.0306. The maximum absolute atomic E-state index is 13.1. The quantitative estimate of drug-likeness (QED) is 0.625. The highest BCUT2D eigenvalue weighted by atomic mass is 19.4. The number of nitrogens with one attached hydrogen (secondary N) is 2. The van der Waals surface area contributed by atoms with Crippen LogP contribution in [0.3, 0.4) is 0 Å². The second kappa shape index (κ2) is 7.84. The smallest absolute Gasteiger partial charge is 0.425 e. The number of amides is 1. The van der Waals surface area contributed by atoms with Gasteiger partial charge in [0.05, 0.1) is 11.2 Å². The lowest BCUT2D eigenvalue weighted by molar-refractivity contribution is -0.189. The van der Waals surface area contributed by atoms with Gasteiger partial charge in [0.1, 0.15) is 11.4 Å². The van der Waals surface area contributed by atoms with Gasteiger partial charge in [-0.3, -0.25) is 14.9 Å². The van der Waals surface area contributed by atoms with E-state index in [1.54, 1.807) is 0 Å². The van der Waals surface area contributed by atoms with Crippen molar-refractivity contribution in [1.82, 2.24) is 20.5 Å². The molecule has 2 aliphatic carbocycles. The molecular formula is C22H27F3N4O2. The third-order valence-electron chi connectivity index (χ3n) is 5.96. The molecule has 6 nitrogen and oxygen atoms in total. The maximum atomic E-state index is 13.1. The summed E-state index contributed by atoms with van der Waals surface area (Å²) in [6.07, 6.45) is -0.292. The van der Waals surface area contributed by atoms with Crippen molar-refractivity contribution in [1.29, 1.82) is 0 Å². The van der Waals surface area contributed by atoms with Crippen LogP contribution in [0, 0.1) is 12.8 Å². The van der Waals surface area contributed by atoms with Gasteiger partial charge in [-0.15, -0.1) is 0 Å². The third kappa shape index (κ3) is 5.02. The lowest BCUT2D eigenvalue weighted by Gasteiger charge is -2.29. The number of hydrogen-bond donors (Lipinski definition) is 2. The highest BCUT2D eigenvalue weighted by Crippen LogP contribution is 2.45. The Morgan fingerprint density at radius 3 is 2.55 bits per heavy atom. The number of ether oxygens (including phenoxy) is 1. The molecule has 2 N–H and O–H groups in total. The Morgan fingerprint density at radius 2 is 2.00 bits per heavy atom. The van der Waals surface area contributed by atoms with Gasteiger partial charge in [0.2, 0.25) is 0 Å². The van der Waals surface area contributed by atoms with Crippen molar-refractivity contribution in [2.45, 2.75) is 76.6 Å². The van der Waals surface area contributed by atoms with Gasteiger partial charge in [-0.1, -0.05) is 12.8 Å². The largest absolute Gasteiger partial charge is 0.481 e. The number of carbonyl (C=O) groups is 1. The van der Waals surface area contributed by atoms with Crippen molar-refractivity contribution in [2.75, 3.05) is 0 Å². The van der Waals surface area contributed by atoms with Crippen molar-refractivity contribution in [3.05, 3.63) is 41.0 Å². The molecule has 1 unspecified atom stereocenters. The monoisotopic (exact) mass is 436 g/mol. The minimum Gasteiger partial charge on any atom is -0.481 e. The van der Waals surface area contributed by atoms with E-state index in [0.29, 0.717) is 11.5 Å². The number of H-pyrrole nitrogens is 1. The molecule has 1 amide bonds. The predicted octanol–water partition coefficient (Wildman–Crippen LogP) is 4.77.